The Bertz CT molecular complexity index is 1370. The summed E-state index contributed by atoms with van der Waals surface area (Å²) >= 11 is 0. The maximum Gasteiger partial charge on any atom is 0.120 e. The molecule has 1 atom stereocenters. The molecule has 0 aliphatic heterocycles. The lowest BCUT2D eigenvalue weighted by atomic mass is 9.83. The van der Waals surface area contributed by atoms with E-state index in [1.54, 1.807) is 13.2 Å². The number of hydrogen-bond acceptors (Lipinski definition) is 2. The molecule has 4 aromatic carbocycles. The molecule has 0 aliphatic rings. The minimum atomic E-state index is -0.168. The number of aromatic nitrogens is 1. The Morgan fingerprint density at radius 1 is 0.833 bits per heavy atom. The number of para-hydroxylation sites is 1. The average molecular weight is 393 g/mol. The van der Waals surface area contributed by atoms with Crippen molar-refractivity contribution in [2.75, 3.05) is 7.11 Å². The number of aromatic amines is 1. The summed E-state index contributed by atoms with van der Waals surface area (Å²) in [5, 5.41) is 14.4. The van der Waals surface area contributed by atoms with Crippen LogP contribution in [0.25, 0.3) is 21.7 Å². The second-order valence-electron chi connectivity index (χ2n) is 7.64. The van der Waals surface area contributed by atoms with E-state index in [1.807, 2.05) is 36.4 Å². The van der Waals surface area contributed by atoms with Crippen molar-refractivity contribution in [3.05, 3.63) is 107 Å². The first kappa shape index (κ1) is 18.3. The third-order valence-electron chi connectivity index (χ3n) is 5.96. The minimum absolute atomic E-state index is 0.168. The smallest absolute Gasteiger partial charge is 0.120 e. The highest BCUT2D eigenvalue weighted by Crippen LogP contribution is 2.43. The lowest BCUT2D eigenvalue weighted by Crippen LogP contribution is -2.07. The van der Waals surface area contributed by atoms with Crippen LogP contribution in [0.15, 0.2) is 84.9 Å². The molecule has 0 aliphatic carbocycles. The summed E-state index contributed by atoms with van der Waals surface area (Å²) in [5.41, 5.74) is 5.33. The van der Waals surface area contributed by atoms with Crippen molar-refractivity contribution < 1.29 is 9.84 Å². The zero-order chi connectivity index (χ0) is 20.7. The first-order chi connectivity index (χ1) is 14.7. The van der Waals surface area contributed by atoms with E-state index in [4.69, 9.17) is 4.74 Å². The molecule has 1 heterocycles. The number of nitrogens with one attached hydrogen (secondary N) is 1. The molecular formula is C27H23NO2. The fraction of sp³-hybridized carbons (Fsp3) is 0.111. The van der Waals surface area contributed by atoms with Crippen LogP contribution in [-0.4, -0.2) is 17.2 Å². The molecule has 30 heavy (non-hydrogen) atoms. The number of H-pyrrole nitrogens is 1. The fourth-order valence-corrected chi connectivity index (χ4v) is 4.48. The Morgan fingerprint density at radius 3 is 2.40 bits per heavy atom. The highest BCUT2D eigenvalue weighted by molar-refractivity contribution is 5.90. The third kappa shape index (κ3) is 2.91. The zero-order valence-electron chi connectivity index (χ0n) is 17.0. The van der Waals surface area contributed by atoms with Gasteiger partial charge >= 0.3 is 0 Å². The summed E-state index contributed by atoms with van der Waals surface area (Å²) < 4.78 is 5.51. The van der Waals surface area contributed by atoms with E-state index in [0.29, 0.717) is 5.75 Å². The van der Waals surface area contributed by atoms with Gasteiger partial charge < -0.3 is 14.8 Å². The van der Waals surface area contributed by atoms with Gasteiger partial charge in [-0.1, -0.05) is 60.7 Å². The van der Waals surface area contributed by atoms with Gasteiger partial charge in [-0.05, 0) is 53.1 Å². The topological polar surface area (TPSA) is 45.2 Å². The van der Waals surface area contributed by atoms with Crippen molar-refractivity contribution in [1.82, 2.24) is 4.98 Å². The quantitative estimate of drug-likeness (QED) is 0.365. The summed E-state index contributed by atoms with van der Waals surface area (Å²) in [7, 11) is 1.68. The molecule has 0 radical (unpaired) electrons. The molecule has 3 heteroatoms. The third-order valence-corrected chi connectivity index (χ3v) is 5.96. The number of aryl methyl sites for hydroxylation is 1. The van der Waals surface area contributed by atoms with Gasteiger partial charge in [-0.3, -0.25) is 0 Å². The summed E-state index contributed by atoms with van der Waals surface area (Å²) in [6, 6.07) is 28.4. The Labute approximate surface area is 175 Å². The SMILES string of the molecule is COc1cccc(C(c2[nH]c3ccccc3c2C)c2c(O)ccc3ccccc23)c1. The van der Waals surface area contributed by atoms with Crippen molar-refractivity contribution in [2.45, 2.75) is 12.8 Å². The van der Waals surface area contributed by atoms with Gasteiger partial charge in [0, 0.05) is 22.2 Å². The van der Waals surface area contributed by atoms with Crippen LogP contribution in [0.4, 0.5) is 0 Å². The van der Waals surface area contributed by atoms with Gasteiger partial charge in [-0.15, -0.1) is 0 Å². The summed E-state index contributed by atoms with van der Waals surface area (Å²) in [4.78, 5) is 3.64. The zero-order valence-corrected chi connectivity index (χ0v) is 17.0. The van der Waals surface area contributed by atoms with Crippen LogP contribution in [0, 0.1) is 6.92 Å². The number of phenolic OH excluding ortho intramolecular Hbond substituents is 1. The number of benzene rings is 4. The molecule has 5 rings (SSSR count). The van der Waals surface area contributed by atoms with Crippen LogP contribution >= 0.6 is 0 Å². The summed E-state index contributed by atoms with van der Waals surface area (Å²) in [5.74, 6) is 0.921. The van der Waals surface area contributed by atoms with Crippen LogP contribution in [-0.2, 0) is 0 Å². The molecule has 2 N–H and O–H groups in total. The second-order valence-corrected chi connectivity index (χ2v) is 7.64. The van der Waals surface area contributed by atoms with E-state index in [2.05, 4.69) is 54.4 Å². The number of phenols is 1. The Hall–Kier alpha value is -3.72. The van der Waals surface area contributed by atoms with Crippen molar-refractivity contribution >= 4 is 21.7 Å². The van der Waals surface area contributed by atoms with Crippen LogP contribution < -0.4 is 4.74 Å². The molecule has 3 nitrogen and oxygen atoms in total. The van der Waals surface area contributed by atoms with Crippen LogP contribution in [0.1, 0.15) is 28.3 Å². The van der Waals surface area contributed by atoms with Crippen molar-refractivity contribution in [3.63, 3.8) is 0 Å². The fourth-order valence-electron chi connectivity index (χ4n) is 4.48. The van der Waals surface area contributed by atoms with Gasteiger partial charge in [0.25, 0.3) is 0 Å². The van der Waals surface area contributed by atoms with Crippen molar-refractivity contribution in [1.29, 1.82) is 0 Å². The molecule has 0 amide bonds. The number of ether oxygens (including phenoxy) is 1. The highest BCUT2D eigenvalue weighted by atomic mass is 16.5. The van der Waals surface area contributed by atoms with Crippen LogP contribution in [0.3, 0.4) is 0 Å². The number of aromatic hydroxyl groups is 1. The molecule has 148 valence electrons. The number of rotatable bonds is 4. The van der Waals surface area contributed by atoms with Crippen molar-refractivity contribution in [2.24, 2.45) is 0 Å². The molecular weight excluding hydrogens is 370 g/mol. The largest absolute Gasteiger partial charge is 0.508 e. The Kier molecular flexibility index (Phi) is 4.44. The lowest BCUT2D eigenvalue weighted by Gasteiger charge is -2.22. The van der Waals surface area contributed by atoms with Gasteiger partial charge in [-0.25, -0.2) is 0 Å². The molecule has 0 spiro atoms. The monoisotopic (exact) mass is 393 g/mol. The second kappa shape index (κ2) is 7.27. The van der Waals surface area contributed by atoms with Gasteiger partial charge in [0.05, 0.1) is 13.0 Å². The number of hydrogen-bond donors (Lipinski definition) is 2. The molecule has 0 bridgehead atoms. The first-order valence-corrected chi connectivity index (χ1v) is 10.1. The normalized spacial score (nSPS) is 12.3. The summed E-state index contributed by atoms with van der Waals surface area (Å²) in [6.45, 7) is 2.14. The van der Waals surface area contributed by atoms with Crippen molar-refractivity contribution in [3.8, 4) is 11.5 Å². The van der Waals surface area contributed by atoms with E-state index in [-0.39, 0.29) is 5.92 Å². The summed E-state index contributed by atoms with van der Waals surface area (Å²) in [6.07, 6.45) is 0. The van der Waals surface area contributed by atoms with Gasteiger partial charge in [-0.2, -0.15) is 0 Å². The molecule has 0 fully saturated rings. The first-order valence-electron chi connectivity index (χ1n) is 10.1. The molecule has 1 unspecified atom stereocenters. The maximum absolute atomic E-state index is 11.0. The predicted molar refractivity (Wildman–Crippen MR) is 123 cm³/mol. The molecule has 1 aromatic heterocycles. The van der Waals surface area contributed by atoms with E-state index < -0.39 is 0 Å². The van der Waals surface area contributed by atoms with Gasteiger partial charge in [0.2, 0.25) is 0 Å². The Morgan fingerprint density at radius 2 is 1.60 bits per heavy atom. The Balaban J connectivity index is 1.86. The molecule has 5 aromatic rings. The minimum Gasteiger partial charge on any atom is -0.508 e. The van der Waals surface area contributed by atoms with E-state index in [1.165, 1.54) is 10.9 Å². The lowest BCUT2D eigenvalue weighted by molar-refractivity contribution is 0.414. The van der Waals surface area contributed by atoms with Crippen LogP contribution in [0.2, 0.25) is 0 Å². The van der Waals surface area contributed by atoms with E-state index in [0.717, 1.165) is 38.9 Å². The molecule has 0 saturated heterocycles. The molecule has 0 saturated carbocycles. The van der Waals surface area contributed by atoms with E-state index >= 15 is 0 Å². The maximum atomic E-state index is 11.0. The van der Waals surface area contributed by atoms with Crippen LogP contribution in [0.5, 0.6) is 11.5 Å². The van der Waals surface area contributed by atoms with E-state index in [9.17, 15) is 5.11 Å². The average Bonchev–Trinajstić information content (AvgIpc) is 3.12. The number of fused-ring (bicyclic) bond motifs is 2. The van der Waals surface area contributed by atoms with Gasteiger partial charge in [0.15, 0.2) is 0 Å². The standard InChI is InChI=1S/C27H23NO2/c1-17-21-11-5-6-13-23(21)28-27(17)25(19-9-7-10-20(16-19)30-2)26-22-12-4-3-8-18(22)14-15-24(26)29/h3-16,25,28-29H,1-2H3. The number of methoxy groups -OCH3 is 1. The van der Waals surface area contributed by atoms with Gasteiger partial charge in [0.1, 0.15) is 11.5 Å². The highest BCUT2D eigenvalue weighted by Gasteiger charge is 2.26. The predicted octanol–water partition coefficient (Wildman–Crippen LogP) is 6.52.